The Labute approximate surface area is 138 Å². The second kappa shape index (κ2) is 4.97. The van der Waals surface area contributed by atoms with Crippen molar-refractivity contribution in [2.45, 2.75) is 17.4 Å². The highest BCUT2D eigenvalue weighted by Crippen LogP contribution is 2.58. The lowest BCUT2D eigenvalue weighted by atomic mass is 9.68. The predicted octanol–water partition coefficient (Wildman–Crippen LogP) is 2.05. The lowest BCUT2D eigenvalue weighted by molar-refractivity contribution is -0.154. The van der Waals surface area contributed by atoms with E-state index < -0.39 is 23.3 Å². The fraction of sp³-hybridized carbons (Fsp3) is 0.267. The number of thiazole rings is 1. The smallest absolute Gasteiger partial charge is 0.319 e. The van der Waals surface area contributed by atoms with Gasteiger partial charge in [0.25, 0.3) is 0 Å². The number of aromatic nitrogens is 1. The summed E-state index contributed by atoms with van der Waals surface area (Å²) < 4.78 is 5.43. The first-order chi connectivity index (χ1) is 11.0. The maximum atomic E-state index is 12.7. The zero-order valence-electron chi connectivity index (χ0n) is 11.7. The van der Waals surface area contributed by atoms with Gasteiger partial charge in [-0.05, 0) is 6.07 Å². The average Bonchev–Trinajstić information content (AvgIpc) is 2.87. The van der Waals surface area contributed by atoms with Crippen LogP contribution in [0.5, 0.6) is 5.75 Å². The van der Waals surface area contributed by atoms with Crippen LogP contribution < -0.4 is 9.61 Å². The van der Waals surface area contributed by atoms with E-state index in [0.29, 0.717) is 5.75 Å². The third kappa shape index (κ3) is 2.05. The van der Waals surface area contributed by atoms with Gasteiger partial charge in [0.1, 0.15) is 11.2 Å². The molecule has 0 amide bonds. The van der Waals surface area contributed by atoms with Crippen molar-refractivity contribution in [1.29, 1.82) is 0 Å². The number of carboxylic acid groups (broad SMARTS) is 1. The Hall–Kier alpha value is -2.06. The van der Waals surface area contributed by atoms with E-state index in [0.717, 1.165) is 26.8 Å². The first kappa shape index (κ1) is 14.5. The van der Waals surface area contributed by atoms with Gasteiger partial charge in [-0.3, -0.25) is 14.4 Å². The monoisotopic (exact) mass is 349 g/mol. The van der Waals surface area contributed by atoms with E-state index in [4.69, 9.17) is 4.74 Å². The van der Waals surface area contributed by atoms with E-state index in [1.165, 1.54) is 11.8 Å². The van der Waals surface area contributed by atoms with Gasteiger partial charge in [-0.1, -0.05) is 29.5 Å². The number of carboxylic acids is 1. The van der Waals surface area contributed by atoms with Gasteiger partial charge in [0, 0.05) is 22.1 Å². The molecule has 1 aromatic carbocycles. The molecule has 2 N–H and O–H groups in total. The van der Waals surface area contributed by atoms with Crippen LogP contribution in [0.15, 0.2) is 34.1 Å². The molecule has 3 heterocycles. The van der Waals surface area contributed by atoms with Crippen molar-refractivity contribution in [3.05, 3.63) is 44.4 Å². The summed E-state index contributed by atoms with van der Waals surface area (Å²) in [6.45, 7) is 0. The standard InChI is InChI=1S/C15H11NO5S2/c17-9(18)5-15-6-22-12-11(23-14(20)16-12)10(15)7-3-1-2-4-8(7)21-13(15)19/h1-4,10H,5-6H2,(H,16,20)(H,17,18)/t10-,15-/m0/s1. The molecule has 0 radical (unpaired) electrons. The van der Waals surface area contributed by atoms with Gasteiger partial charge in [0.2, 0.25) is 0 Å². The molecule has 2 aromatic rings. The molecule has 23 heavy (non-hydrogen) atoms. The van der Waals surface area contributed by atoms with Crippen LogP contribution in [0.1, 0.15) is 22.8 Å². The van der Waals surface area contributed by atoms with Crippen LogP contribution in [0.3, 0.4) is 0 Å². The Bertz CT molecular complexity index is 886. The number of H-pyrrole nitrogens is 1. The molecule has 1 aromatic heterocycles. The second-order valence-corrected chi connectivity index (χ2v) is 7.58. The largest absolute Gasteiger partial charge is 0.481 e. The van der Waals surface area contributed by atoms with Crippen LogP contribution in [0.4, 0.5) is 0 Å². The summed E-state index contributed by atoms with van der Waals surface area (Å²) in [7, 11) is 0. The predicted molar refractivity (Wildman–Crippen MR) is 84.3 cm³/mol. The van der Waals surface area contributed by atoms with Crippen LogP contribution in [0, 0.1) is 5.41 Å². The summed E-state index contributed by atoms with van der Waals surface area (Å²) in [5, 5.41) is 10.1. The summed E-state index contributed by atoms with van der Waals surface area (Å²) >= 11 is 2.34. The lowest BCUT2D eigenvalue weighted by Crippen LogP contribution is -2.48. The van der Waals surface area contributed by atoms with E-state index in [1.54, 1.807) is 12.1 Å². The molecular formula is C15H11NO5S2. The van der Waals surface area contributed by atoms with Crippen molar-refractivity contribution in [1.82, 2.24) is 4.98 Å². The number of aliphatic carboxylic acids is 1. The zero-order chi connectivity index (χ0) is 16.2. The van der Waals surface area contributed by atoms with Crippen LogP contribution in [-0.4, -0.2) is 27.8 Å². The third-order valence-corrected chi connectivity index (χ3v) is 6.58. The third-order valence-electron chi connectivity index (χ3n) is 4.24. The van der Waals surface area contributed by atoms with Crippen molar-refractivity contribution < 1.29 is 19.4 Å². The average molecular weight is 349 g/mol. The topological polar surface area (TPSA) is 96.5 Å². The lowest BCUT2D eigenvalue weighted by Gasteiger charge is -2.43. The molecule has 118 valence electrons. The van der Waals surface area contributed by atoms with E-state index in [1.807, 2.05) is 12.1 Å². The number of hydrogen-bond acceptors (Lipinski definition) is 6. The molecule has 0 saturated heterocycles. The summed E-state index contributed by atoms with van der Waals surface area (Å²) in [5.74, 6) is -1.38. The molecule has 6 nitrogen and oxygen atoms in total. The van der Waals surface area contributed by atoms with Crippen molar-refractivity contribution in [3.63, 3.8) is 0 Å². The maximum Gasteiger partial charge on any atom is 0.319 e. The molecule has 4 rings (SSSR count). The van der Waals surface area contributed by atoms with Crippen LogP contribution in [0.2, 0.25) is 0 Å². The van der Waals surface area contributed by atoms with Crippen LogP contribution >= 0.6 is 23.1 Å². The van der Waals surface area contributed by atoms with Gasteiger partial charge >= 0.3 is 16.8 Å². The highest BCUT2D eigenvalue weighted by atomic mass is 32.2. The number of para-hydroxylation sites is 1. The molecule has 0 aliphatic carbocycles. The Balaban J connectivity index is 2.00. The number of esters is 1. The molecule has 0 saturated carbocycles. The summed E-state index contributed by atoms with van der Waals surface area (Å²) in [6, 6.07) is 7.09. The minimum Gasteiger partial charge on any atom is -0.481 e. The molecular weight excluding hydrogens is 338 g/mol. The summed E-state index contributed by atoms with van der Waals surface area (Å²) in [4.78, 5) is 39.1. The molecule has 2 aliphatic rings. The van der Waals surface area contributed by atoms with Gasteiger partial charge < -0.3 is 14.8 Å². The van der Waals surface area contributed by atoms with Crippen LogP contribution in [0.25, 0.3) is 0 Å². The van der Waals surface area contributed by atoms with Gasteiger partial charge in [-0.15, -0.1) is 11.8 Å². The maximum absolute atomic E-state index is 12.7. The quantitative estimate of drug-likeness (QED) is 0.636. The molecule has 2 atom stereocenters. The molecule has 8 heteroatoms. The normalized spacial score (nSPS) is 25.0. The van der Waals surface area contributed by atoms with Gasteiger partial charge in [-0.25, -0.2) is 0 Å². The Morgan fingerprint density at radius 2 is 2.17 bits per heavy atom. The number of aromatic amines is 1. The van der Waals surface area contributed by atoms with Crippen LogP contribution in [-0.2, 0) is 9.59 Å². The number of carbonyl (C=O) groups excluding carboxylic acids is 1. The van der Waals surface area contributed by atoms with E-state index in [9.17, 15) is 19.5 Å². The van der Waals surface area contributed by atoms with E-state index in [2.05, 4.69) is 4.98 Å². The van der Waals surface area contributed by atoms with Crippen molar-refractivity contribution in [2.24, 2.45) is 5.41 Å². The number of hydrogen-bond donors (Lipinski definition) is 2. The van der Waals surface area contributed by atoms with Crippen molar-refractivity contribution >= 4 is 35.0 Å². The molecule has 2 aliphatic heterocycles. The SMILES string of the molecule is O=C(O)C[C@]12CSc3[nH]c(=O)sc3[C@@H]1c1ccccc1OC2=O. The number of rotatable bonds is 2. The van der Waals surface area contributed by atoms with Crippen molar-refractivity contribution in [2.75, 3.05) is 5.75 Å². The minimum absolute atomic E-state index is 0.204. The van der Waals surface area contributed by atoms with Gasteiger partial charge in [0.15, 0.2) is 0 Å². The number of ether oxygens (including phenoxy) is 1. The van der Waals surface area contributed by atoms with E-state index >= 15 is 0 Å². The number of benzene rings is 1. The number of thioether (sulfide) groups is 1. The minimum atomic E-state index is -1.19. The fourth-order valence-corrected chi connectivity index (χ4v) is 5.83. The second-order valence-electron chi connectivity index (χ2n) is 5.58. The summed E-state index contributed by atoms with van der Waals surface area (Å²) in [5.41, 5.74) is -0.437. The van der Waals surface area contributed by atoms with E-state index in [-0.39, 0.29) is 17.0 Å². The molecule has 0 fully saturated rings. The molecule has 0 spiro atoms. The molecule has 0 bridgehead atoms. The first-order valence-corrected chi connectivity index (χ1v) is 8.70. The number of fused-ring (bicyclic) bond motifs is 5. The summed E-state index contributed by atoms with van der Waals surface area (Å²) in [6.07, 6.45) is -0.330. The molecule has 0 unspecified atom stereocenters. The van der Waals surface area contributed by atoms with Gasteiger partial charge in [0.05, 0.1) is 11.4 Å². The zero-order valence-corrected chi connectivity index (χ0v) is 13.3. The highest BCUT2D eigenvalue weighted by Gasteiger charge is 2.57. The highest BCUT2D eigenvalue weighted by molar-refractivity contribution is 7.99. The first-order valence-electron chi connectivity index (χ1n) is 6.90. The Kier molecular flexibility index (Phi) is 3.14. The fourth-order valence-electron chi connectivity index (χ4n) is 3.28. The Morgan fingerprint density at radius 3 is 2.96 bits per heavy atom. The Morgan fingerprint density at radius 1 is 1.39 bits per heavy atom. The van der Waals surface area contributed by atoms with Gasteiger partial charge in [-0.2, -0.15) is 0 Å². The van der Waals surface area contributed by atoms with Crippen molar-refractivity contribution in [3.8, 4) is 5.75 Å². The number of nitrogens with one attached hydrogen (secondary N) is 1. The number of carbonyl (C=O) groups is 2.